The number of aromatic nitrogens is 3. The van der Waals surface area contributed by atoms with E-state index < -0.39 is 0 Å². The summed E-state index contributed by atoms with van der Waals surface area (Å²) in [5.41, 5.74) is 3.74. The smallest absolute Gasteiger partial charge is 0.266 e. The number of anilines is 1. The Balaban J connectivity index is 1.81. The Morgan fingerprint density at radius 2 is 1.84 bits per heavy atom. The molecule has 0 amide bonds. The van der Waals surface area contributed by atoms with Gasteiger partial charge in [-0.25, -0.2) is 9.97 Å². The molecule has 0 N–H and O–H groups in total. The van der Waals surface area contributed by atoms with Crippen molar-refractivity contribution >= 4 is 16.9 Å². The van der Waals surface area contributed by atoms with Gasteiger partial charge in [-0.2, -0.15) is 0 Å². The Hall–Kier alpha value is -2.69. The lowest BCUT2D eigenvalue weighted by atomic mass is 10.1. The van der Waals surface area contributed by atoms with Gasteiger partial charge in [0.05, 0.1) is 16.6 Å². The largest absolute Gasteiger partial charge is 0.341 e. The van der Waals surface area contributed by atoms with Gasteiger partial charge in [-0.05, 0) is 56.4 Å². The molecule has 1 aliphatic rings. The van der Waals surface area contributed by atoms with Crippen molar-refractivity contribution in [3.8, 4) is 5.69 Å². The highest BCUT2D eigenvalue weighted by Crippen LogP contribution is 2.19. The van der Waals surface area contributed by atoms with E-state index in [1.165, 1.54) is 19.3 Å². The molecule has 0 unspecified atom stereocenters. The Labute approximate surface area is 147 Å². The van der Waals surface area contributed by atoms with Crippen LogP contribution in [0.5, 0.6) is 0 Å². The molecule has 0 radical (unpaired) electrons. The van der Waals surface area contributed by atoms with E-state index in [1.54, 1.807) is 10.8 Å². The van der Waals surface area contributed by atoms with Crippen LogP contribution in [-0.4, -0.2) is 27.6 Å². The third kappa shape index (κ3) is 2.90. The molecule has 1 aliphatic heterocycles. The Kier molecular flexibility index (Phi) is 3.99. The maximum Gasteiger partial charge on any atom is 0.266 e. The summed E-state index contributed by atoms with van der Waals surface area (Å²) in [6, 6.07) is 8.04. The maximum atomic E-state index is 12.9. The zero-order chi connectivity index (χ0) is 17.4. The molecule has 128 valence electrons. The highest BCUT2D eigenvalue weighted by molar-refractivity contribution is 5.78. The first-order valence-electron chi connectivity index (χ1n) is 8.84. The molecule has 25 heavy (non-hydrogen) atoms. The lowest BCUT2D eigenvalue weighted by molar-refractivity contribution is 0.569. The van der Waals surface area contributed by atoms with Gasteiger partial charge in [-0.3, -0.25) is 9.36 Å². The molecule has 2 aromatic heterocycles. The summed E-state index contributed by atoms with van der Waals surface area (Å²) in [6.45, 7) is 6.03. The van der Waals surface area contributed by atoms with E-state index in [1.807, 2.05) is 38.2 Å². The number of rotatable bonds is 2. The van der Waals surface area contributed by atoms with Crippen molar-refractivity contribution in [2.45, 2.75) is 33.1 Å². The fraction of sp³-hybridized carbons (Fsp3) is 0.350. The van der Waals surface area contributed by atoms with Crippen molar-refractivity contribution < 1.29 is 0 Å². The fourth-order valence-corrected chi connectivity index (χ4v) is 3.43. The number of piperidine rings is 1. The molecule has 0 bridgehead atoms. The minimum absolute atomic E-state index is 0.0728. The molecule has 1 aromatic carbocycles. The highest BCUT2D eigenvalue weighted by Gasteiger charge is 2.15. The molecular formula is C20H22N4O. The van der Waals surface area contributed by atoms with Gasteiger partial charge in [0.25, 0.3) is 5.56 Å². The molecule has 0 saturated carbocycles. The minimum atomic E-state index is -0.0728. The molecular weight excluding hydrogens is 312 g/mol. The first-order chi connectivity index (χ1) is 12.1. The van der Waals surface area contributed by atoms with E-state index in [9.17, 15) is 4.79 Å². The minimum Gasteiger partial charge on any atom is -0.341 e. The number of nitrogens with zero attached hydrogens (tertiary/aromatic N) is 4. The van der Waals surface area contributed by atoms with Crippen LogP contribution in [-0.2, 0) is 0 Å². The predicted octanol–water partition coefficient (Wildman–Crippen LogP) is 3.39. The average molecular weight is 334 g/mol. The maximum absolute atomic E-state index is 12.9. The monoisotopic (exact) mass is 334 g/mol. The van der Waals surface area contributed by atoms with Gasteiger partial charge < -0.3 is 4.90 Å². The molecule has 1 saturated heterocycles. The summed E-state index contributed by atoms with van der Waals surface area (Å²) >= 11 is 0. The van der Waals surface area contributed by atoms with E-state index in [2.05, 4.69) is 20.9 Å². The van der Waals surface area contributed by atoms with Gasteiger partial charge in [0.2, 0.25) is 5.95 Å². The second kappa shape index (κ2) is 6.31. The van der Waals surface area contributed by atoms with Crippen LogP contribution < -0.4 is 10.5 Å². The lowest BCUT2D eigenvalue weighted by Crippen LogP contribution is -2.31. The van der Waals surface area contributed by atoms with E-state index in [4.69, 9.17) is 0 Å². The van der Waals surface area contributed by atoms with Crippen LogP contribution in [0.1, 0.15) is 30.4 Å². The number of benzene rings is 1. The van der Waals surface area contributed by atoms with Crippen molar-refractivity contribution in [2.24, 2.45) is 0 Å². The van der Waals surface area contributed by atoms with Crippen LogP contribution in [0, 0.1) is 13.8 Å². The molecule has 1 fully saturated rings. The zero-order valence-corrected chi connectivity index (χ0v) is 14.7. The summed E-state index contributed by atoms with van der Waals surface area (Å²) in [6.07, 6.45) is 7.12. The number of aryl methyl sites for hydroxylation is 2. The third-order valence-corrected chi connectivity index (χ3v) is 4.90. The Bertz CT molecular complexity index is 987. The Morgan fingerprint density at radius 3 is 2.64 bits per heavy atom. The van der Waals surface area contributed by atoms with Gasteiger partial charge >= 0.3 is 0 Å². The number of fused-ring (bicyclic) bond motifs is 1. The molecule has 3 heterocycles. The topological polar surface area (TPSA) is 51.0 Å². The van der Waals surface area contributed by atoms with Gasteiger partial charge in [0, 0.05) is 25.5 Å². The summed E-state index contributed by atoms with van der Waals surface area (Å²) in [4.78, 5) is 24.3. The SMILES string of the molecule is Cc1ccc(C)c(-n2ccc3nc(N4CCCCC4)ncc3c2=O)c1. The summed E-state index contributed by atoms with van der Waals surface area (Å²) in [5, 5.41) is 0.559. The van der Waals surface area contributed by atoms with Crippen LogP contribution in [0.15, 0.2) is 41.5 Å². The van der Waals surface area contributed by atoms with Crippen LogP contribution in [0.25, 0.3) is 16.6 Å². The molecule has 0 aliphatic carbocycles. The first kappa shape index (κ1) is 15.8. The normalized spacial score (nSPS) is 14.9. The molecule has 0 spiro atoms. The summed E-state index contributed by atoms with van der Waals surface area (Å²) in [5.74, 6) is 0.732. The van der Waals surface area contributed by atoms with Gasteiger partial charge in [-0.15, -0.1) is 0 Å². The van der Waals surface area contributed by atoms with E-state index in [-0.39, 0.29) is 5.56 Å². The van der Waals surface area contributed by atoms with Gasteiger partial charge in [-0.1, -0.05) is 12.1 Å². The quantitative estimate of drug-likeness (QED) is 0.721. The van der Waals surface area contributed by atoms with E-state index >= 15 is 0 Å². The standard InChI is InChI=1S/C20H22N4O/c1-14-6-7-15(2)18(12-14)24-11-8-17-16(19(24)25)13-21-20(22-17)23-9-4-3-5-10-23/h6-8,11-13H,3-5,9-10H2,1-2H3. The molecule has 5 nitrogen and oxygen atoms in total. The molecule has 5 heteroatoms. The first-order valence-corrected chi connectivity index (χ1v) is 8.84. The van der Waals surface area contributed by atoms with Gasteiger partial charge in [0.1, 0.15) is 0 Å². The lowest BCUT2D eigenvalue weighted by Gasteiger charge is -2.26. The fourth-order valence-electron chi connectivity index (χ4n) is 3.43. The van der Waals surface area contributed by atoms with Crippen molar-refractivity contribution in [2.75, 3.05) is 18.0 Å². The number of pyridine rings is 1. The second-order valence-corrected chi connectivity index (χ2v) is 6.80. The van der Waals surface area contributed by atoms with Crippen LogP contribution in [0.2, 0.25) is 0 Å². The number of hydrogen-bond donors (Lipinski definition) is 0. The third-order valence-electron chi connectivity index (χ3n) is 4.90. The molecule has 4 rings (SSSR count). The second-order valence-electron chi connectivity index (χ2n) is 6.80. The summed E-state index contributed by atoms with van der Waals surface area (Å²) in [7, 11) is 0. The van der Waals surface area contributed by atoms with Crippen LogP contribution in [0.4, 0.5) is 5.95 Å². The number of hydrogen-bond acceptors (Lipinski definition) is 4. The Morgan fingerprint density at radius 1 is 1.04 bits per heavy atom. The van der Waals surface area contributed by atoms with Crippen molar-refractivity contribution in [3.05, 3.63) is 58.1 Å². The predicted molar refractivity (Wildman–Crippen MR) is 101 cm³/mol. The van der Waals surface area contributed by atoms with E-state index in [0.717, 1.165) is 35.9 Å². The van der Waals surface area contributed by atoms with Crippen LogP contribution in [0.3, 0.4) is 0 Å². The van der Waals surface area contributed by atoms with Crippen molar-refractivity contribution in [3.63, 3.8) is 0 Å². The van der Waals surface area contributed by atoms with E-state index in [0.29, 0.717) is 10.9 Å². The highest BCUT2D eigenvalue weighted by atomic mass is 16.1. The summed E-state index contributed by atoms with van der Waals surface area (Å²) < 4.78 is 1.69. The average Bonchev–Trinajstić information content (AvgIpc) is 2.65. The van der Waals surface area contributed by atoms with Gasteiger partial charge in [0.15, 0.2) is 0 Å². The molecule has 3 aromatic rings. The van der Waals surface area contributed by atoms with Crippen molar-refractivity contribution in [1.82, 2.24) is 14.5 Å². The van der Waals surface area contributed by atoms with Crippen molar-refractivity contribution in [1.29, 1.82) is 0 Å². The zero-order valence-electron chi connectivity index (χ0n) is 14.7. The van der Waals surface area contributed by atoms with Crippen LogP contribution >= 0.6 is 0 Å². The molecule has 0 atom stereocenters.